The average Bonchev–Trinajstić information content (AvgIpc) is 2.39. The number of nitrogens with one attached hydrogen (secondary N) is 2. The van der Waals surface area contributed by atoms with Crippen molar-refractivity contribution >= 4 is 29.3 Å². The van der Waals surface area contributed by atoms with Crippen LogP contribution in [0, 0.1) is 0 Å². The Balaban J connectivity index is 1.87. The minimum absolute atomic E-state index is 0.0844. The van der Waals surface area contributed by atoms with E-state index in [1.807, 2.05) is 43.3 Å². The molecule has 20 heavy (non-hydrogen) atoms. The predicted molar refractivity (Wildman–Crippen MR) is 80.9 cm³/mol. The molecule has 1 aliphatic heterocycles. The summed E-state index contributed by atoms with van der Waals surface area (Å²) in [7, 11) is 3.90. The van der Waals surface area contributed by atoms with Gasteiger partial charge in [-0.25, -0.2) is 0 Å². The number of nitrogens with zero attached hydrogens (tertiary/aromatic N) is 1. The monoisotopic (exact) mass is 293 g/mol. The van der Waals surface area contributed by atoms with Gasteiger partial charge >= 0.3 is 0 Å². The molecule has 0 aliphatic carbocycles. The number of anilines is 1. The molecule has 0 radical (unpaired) electrons. The van der Waals surface area contributed by atoms with Crippen LogP contribution in [0.3, 0.4) is 0 Å². The zero-order chi connectivity index (χ0) is 14.5. The molecule has 0 saturated carbocycles. The molecule has 1 heterocycles. The Hall–Kier alpha value is -1.53. The van der Waals surface area contributed by atoms with E-state index in [4.69, 9.17) is 0 Å². The predicted octanol–water partition coefficient (Wildman–Crippen LogP) is 1.17. The number of carbonyl (C=O) groups is 2. The molecule has 0 fully saturated rings. The van der Waals surface area contributed by atoms with Gasteiger partial charge in [-0.3, -0.25) is 9.59 Å². The van der Waals surface area contributed by atoms with E-state index >= 15 is 0 Å². The standard InChI is InChI=1S/C14H19N3O2S/c1-17(2)8-7-15-13(18)9-12-14(19)16-10-5-3-4-6-11(10)20-12/h3-6,12H,7-9H2,1-2H3,(H,15,18)(H,16,19)/t12-/m1/s1. The van der Waals surface area contributed by atoms with Gasteiger partial charge in [0.15, 0.2) is 0 Å². The third kappa shape index (κ3) is 3.98. The molecule has 2 amide bonds. The number of hydrogen-bond donors (Lipinski definition) is 2. The van der Waals surface area contributed by atoms with Crippen molar-refractivity contribution in [2.75, 3.05) is 32.5 Å². The van der Waals surface area contributed by atoms with Gasteiger partial charge < -0.3 is 15.5 Å². The lowest BCUT2D eigenvalue weighted by atomic mass is 10.2. The third-order valence-electron chi connectivity index (χ3n) is 2.96. The van der Waals surface area contributed by atoms with Gasteiger partial charge in [-0.15, -0.1) is 11.8 Å². The summed E-state index contributed by atoms with van der Waals surface area (Å²) in [5.74, 6) is -0.185. The zero-order valence-corrected chi connectivity index (χ0v) is 12.5. The lowest BCUT2D eigenvalue weighted by Gasteiger charge is -2.23. The second-order valence-electron chi connectivity index (χ2n) is 4.95. The van der Waals surface area contributed by atoms with Crippen LogP contribution in [0.2, 0.25) is 0 Å². The Morgan fingerprint density at radius 2 is 2.15 bits per heavy atom. The van der Waals surface area contributed by atoms with Gasteiger partial charge in [0.25, 0.3) is 0 Å². The maximum atomic E-state index is 12.0. The third-order valence-corrected chi connectivity index (χ3v) is 4.23. The van der Waals surface area contributed by atoms with Crippen molar-refractivity contribution < 1.29 is 9.59 Å². The van der Waals surface area contributed by atoms with Crippen molar-refractivity contribution in [3.05, 3.63) is 24.3 Å². The first kappa shape index (κ1) is 14.9. The number of benzene rings is 1. The van der Waals surface area contributed by atoms with Crippen molar-refractivity contribution in [3.8, 4) is 0 Å². The van der Waals surface area contributed by atoms with Crippen molar-refractivity contribution in [2.24, 2.45) is 0 Å². The quantitative estimate of drug-likeness (QED) is 0.855. The largest absolute Gasteiger partial charge is 0.355 e. The molecule has 0 bridgehead atoms. The highest BCUT2D eigenvalue weighted by Crippen LogP contribution is 2.36. The fourth-order valence-corrected chi connectivity index (χ4v) is 3.00. The summed E-state index contributed by atoms with van der Waals surface area (Å²) in [6, 6.07) is 7.63. The number of carbonyl (C=O) groups excluding carboxylic acids is 2. The van der Waals surface area contributed by atoms with Crippen molar-refractivity contribution in [1.82, 2.24) is 10.2 Å². The number of fused-ring (bicyclic) bond motifs is 1. The van der Waals surface area contributed by atoms with E-state index in [2.05, 4.69) is 10.6 Å². The van der Waals surface area contributed by atoms with Gasteiger partial charge in [-0.1, -0.05) is 12.1 Å². The van der Waals surface area contributed by atoms with E-state index in [-0.39, 0.29) is 23.5 Å². The SMILES string of the molecule is CN(C)CCNC(=O)C[C@H]1Sc2ccccc2NC1=O. The van der Waals surface area contributed by atoms with Crippen LogP contribution in [0.4, 0.5) is 5.69 Å². The molecule has 108 valence electrons. The van der Waals surface area contributed by atoms with E-state index < -0.39 is 0 Å². The first-order valence-corrected chi connectivity index (χ1v) is 7.42. The topological polar surface area (TPSA) is 61.4 Å². The van der Waals surface area contributed by atoms with Gasteiger partial charge in [0.05, 0.1) is 10.9 Å². The highest BCUT2D eigenvalue weighted by molar-refractivity contribution is 8.01. The van der Waals surface area contributed by atoms with Crippen LogP contribution < -0.4 is 10.6 Å². The Bertz CT molecular complexity index is 505. The molecule has 2 rings (SSSR count). The Kier molecular flexibility index (Phi) is 5.03. The number of hydrogen-bond acceptors (Lipinski definition) is 4. The summed E-state index contributed by atoms with van der Waals surface area (Å²) >= 11 is 1.45. The number of para-hydroxylation sites is 1. The minimum atomic E-state index is -0.357. The van der Waals surface area contributed by atoms with Crippen LogP contribution >= 0.6 is 11.8 Å². The molecular formula is C14H19N3O2S. The summed E-state index contributed by atoms with van der Waals surface area (Å²) in [6.07, 6.45) is 0.207. The number of likely N-dealkylation sites (N-methyl/N-ethyl adjacent to an activating group) is 1. The van der Waals surface area contributed by atoms with Gasteiger partial charge in [0, 0.05) is 24.4 Å². The minimum Gasteiger partial charge on any atom is -0.355 e. The van der Waals surface area contributed by atoms with Crippen LogP contribution in [-0.4, -0.2) is 49.1 Å². The molecular weight excluding hydrogens is 274 g/mol. The van der Waals surface area contributed by atoms with E-state index in [1.54, 1.807) is 0 Å². The number of thioether (sulfide) groups is 1. The lowest BCUT2D eigenvalue weighted by Crippen LogP contribution is -2.37. The summed E-state index contributed by atoms with van der Waals surface area (Å²) in [4.78, 5) is 26.8. The Labute approximate surface area is 123 Å². The van der Waals surface area contributed by atoms with Gasteiger partial charge in [-0.2, -0.15) is 0 Å². The smallest absolute Gasteiger partial charge is 0.238 e. The molecule has 0 aromatic heterocycles. The maximum Gasteiger partial charge on any atom is 0.238 e. The lowest BCUT2D eigenvalue weighted by molar-refractivity contribution is -0.124. The first-order valence-electron chi connectivity index (χ1n) is 6.54. The van der Waals surface area contributed by atoms with Crippen LogP contribution in [-0.2, 0) is 9.59 Å². The number of amides is 2. The molecule has 2 N–H and O–H groups in total. The van der Waals surface area contributed by atoms with Crippen LogP contribution in [0.15, 0.2) is 29.2 Å². The molecule has 5 nitrogen and oxygen atoms in total. The Morgan fingerprint density at radius 1 is 1.40 bits per heavy atom. The van der Waals surface area contributed by atoms with Crippen molar-refractivity contribution in [1.29, 1.82) is 0 Å². The van der Waals surface area contributed by atoms with Gasteiger partial charge in [-0.05, 0) is 26.2 Å². The summed E-state index contributed by atoms with van der Waals surface area (Å²) < 4.78 is 0. The van der Waals surface area contributed by atoms with Crippen molar-refractivity contribution in [2.45, 2.75) is 16.6 Å². The Morgan fingerprint density at radius 3 is 2.90 bits per heavy atom. The second-order valence-corrected chi connectivity index (χ2v) is 6.19. The summed E-state index contributed by atoms with van der Waals surface area (Å²) in [5, 5.41) is 5.32. The second kappa shape index (κ2) is 6.76. The molecule has 1 aromatic carbocycles. The van der Waals surface area contributed by atoms with Crippen LogP contribution in [0.1, 0.15) is 6.42 Å². The van der Waals surface area contributed by atoms with E-state index in [0.29, 0.717) is 6.54 Å². The molecule has 0 spiro atoms. The van der Waals surface area contributed by atoms with Gasteiger partial charge in [0.2, 0.25) is 11.8 Å². The molecule has 1 aromatic rings. The van der Waals surface area contributed by atoms with E-state index in [1.165, 1.54) is 11.8 Å². The van der Waals surface area contributed by atoms with Crippen LogP contribution in [0.25, 0.3) is 0 Å². The van der Waals surface area contributed by atoms with E-state index in [9.17, 15) is 9.59 Å². The summed E-state index contributed by atoms with van der Waals surface area (Å²) in [5.41, 5.74) is 0.826. The zero-order valence-electron chi connectivity index (χ0n) is 11.7. The highest BCUT2D eigenvalue weighted by Gasteiger charge is 2.28. The normalized spacial score (nSPS) is 17.6. The molecule has 1 atom stereocenters. The fraction of sp³-hybridized carbons (Fsp3) is 0.429. The van der Waals surface area contributed by atoms with Crippen LogP contribution in [0.5, 0.6) is 0 Å². The summed E-state index contributed by atoms with van der Waals surface area (Å²) in [6.45, 7) is 1.39. The highest BCUT2D eigenvalue weighted by atomic mass is 32.2. The number of rotatable bonds is 5. The van der Waals surface area contributed by atoms with Crippen molar-refractivity contribution in [3.63, 3.8) is 0 Å². The fourth-order valence-electron chi connectivity index (χ4n) is 1.89. The molecule has 1 aliphatic rings. The average molecular weight is 293 g/mol. The van der Waals surface area contributed by atoms with E-state index in [0.717, 1.165) is 17.1 Å². The molecule has 6 heteroatoms. The molecule has 0 unspecified atom stereocenters. The first-order chi connectivity index (χ1) is 9.56. The molecule has 0 saturated heterocycles. The van der Waals surface area contributed by atoms with Gasteiger partial charge in [0.1, 0.15) is 0 Å². The maximum absolute atomic E-state index is 12.0.